The highest BCUT2D eigenvalue weighted by atomic mass is 35.5. The predicted octanol–water partition coefficient (Wildman–Crippen LogP) is 2.26. The van der Waals surface area contributed by atoms with E-state index in [4.69, 9.17) is 4.74 Å². The van der Waals surface area contributed by atoms with Gasteiger partial charge in [-0.25, -0.2) is 0 Å². The van der Waals surface area contributed by atoms with Crippen LogP contribution in [0.3, 0.4) is 0 Å². The van der Waals surface area contributed by atoms with Crippen molar-refractivity contribution in [2.75, 3.05) is 13.1 Å². The number of rotatable bonds is 0. The lowest BCUT2D eigenvalue weighted by molar-refractivity contribution is 0.0164. The van der Waals surface area contributed by atoms with E-state index < -0.39 is 0 Å². The summed E-state index contributed by atoms with van der Waals surface area (Å²) in [6.45, 7) is 2.07. The summed E-state index contributed by atoms with van der Waals surface area (Å²) in [4.78, 5) is 0. The Kier molecular flexibility index (Phi) is 3.50. The second-order valence-electron chi connectivity index (χ2n) is 4.79. The van der Waals surface area contributed by atoms with E-state index in [1.807, 2.05) is 12.1 Å². The van der Waals surface area contributed by atoms with Gasteiger partial charge in [0.2, 0.25) is 0 Å². The lowest BCUT2D eigenvalue weighted by Gasteiger charge is -2.41. The molecule has 0 aliphatic carbocycles. The minimum atomic E-state index is 0. The molecule has 3 rings (SSSR count). The van der Waals surface area contributed by atoms with E-state index in [2.05, 4.69) is 5.32 Å². The van der Waals surface area contributed by atoms with Crippen molar-refractivity contribution in [3.63, 3.8) is 0 Å². The summed E-state index contributed by atoms with van der Waals surface area (Å²) in [5, 5.41) is 13.1. The fourth-order valence-corrected chi connectivity index (χ4v) is 2.77. The van der Waals surface area contributed by atoms with E-state index in [0.717, 1.165) is 50.1 Å². The minimum absolute atomic E-state index is 0. The van der Waals surface area contributed by atoms with Gasteiger partial charge >= 0.3 is 0 Å². The van der Waals surface area contributed by atoms with Crippen LogP contribution in [0.2, 0.25) is 0 Å². The Morgan fingerprint density at radius 3 is 2.71 bits per heavy atom. The molecule has 1 aromatic rings. The lowest BCUT2D eigenvalue weighted by Crippen LogP contribution is -2.48. The summed E-state index contributed by atoms with van der Waals surface area (Å²) < 4.78 is 6.14. The Hall–Kier alpha value is -0.930. The van der Waals surface area contributed by atoms with Crippen LogP contribution in [0.1, 0.15) is 24.8 Å². The second kappa shape index (κ2) is 4.75. The number of phenols is 1. The van der Waals surface area contributed by atoms with Crippen LogP contribution in [-0.4, -0.2) is 23.8 Å². The van der Waals surface area contributed by atoms with Gasteiger partial charge in [0.1, 0.15) is 17.1 Å². The monoisotopic (exact) mass is 255 g/mol. The van der Waals surface area contributed by atoms with Gasteiger partial charge in [-0.15, -0.1) is 12.4 Å². The van der Waals surface area contributed by atoms with Gasteiger partial charge < -0.3 is 15.2 Å². The number of fused-ring (bicyclic) bond motifs is 1. The van der Waals surface area contributed by atoms with E-state index in [1.165, 1.54) is 0 Å². The van der Waals surface area contributed by atoms with Crippen molar-refractivity contribution < 1.29 is 9.84 Å². The van der Waals surface area contributed by atoms with Crippen molar-refractivity contribution in [2.24, 2.45) is 0 Å². The molecule has 17 heavy (non-hydrogen) atoms. The molecule has 0 saturated carbocycles. The van der Waals surface area contributed by atoms with Crippen molar-refractivity contribution >= 4 is 12.4 Å². The molecule has 1 fully saturated rings. The Balaban J connectivity index is 0.00000108. The summed E-state index contributed by atoms with van der Waals surface area (Å²) in [6, 6.07) is 5.56. The zero-order valence-corrected chi connectivity index (χ0v) is 10.6. The molecule has 0 bridgehead atoms. The van der Waals surface area contributed by atoms with Crippen LogP contribution in [0.25, 0.3) is 0 Å². The topological polar surface area (TPSA) is 41.5 Å². The third kappa shape index (κ3) is 2.22. The van der Waals surface area contributed by atoms with E-state index in [0.29, 0.717) is 5.75 Å². The van der Waals surface area contributed by atoms with Crippen molar-refractivity contribution in [1.82, 2.24) is 5.32 Å². The number of phenolic OH excluding ortho intramolecular Hbond substituents is 1. The molecule has 4 heteroatoms. The molecule has 3 nitrogen and oxygen atoms in total. The summed E-state index contributed by atoms with van der Waals surface area (Å²) in [7, 11) is 0. The smallest absolute Gasteiger partial charge is 0.127 e. The number of aromatic hydroxyl groups is 1. The molecule has 0 aromatic heterocycles. The van der Waals surface area contributed by atoms with Crippen LogP contribution in [-0.2, 0) is 6.42 Å². The number of ether oxygens (including phenoxy) is 1. The summed E-state index contributed by atoms with van der Waals surface area (Å²) in [5.41, 5.74) is 0.998. The molecule has 2 N–H and O–H groups in total. The van der Waals surface area contributed by atoms with Gasteiger partial charge in [-0.1, -0.05) is 6.07 Å². The fourth-order valence-electron chi connectivity index (χ4n) is 2.77. The van der Waals surface area contributed by atoms with Crippen LogP contribution in [0.5, 0.6) is 11.5 Å². The first-order valence-corrected chi connectivity index (χ1v) is 6.00. The Morgan fingerprint density at radius 2 is 1.94 bits per heavy atom. The van der Waals surface area contributed by atoms with Crippen molar-refractivity contribution in [2.45, 2.75) is 31.3 Å². The molecular formula is C13H18ClNO2. The second-order valence-corrected chi connectivity index (χ2v) is 4.79. The van der Waals surface area contributed by atoms with Gasteiger partial charge in [-0.3, -0.25) is 0 Å². The first-order chi connectivity index (χ1) is 7.79. The normalized spacial score (nSPS) is 21.2. The van der Waals surface area contributed by atoms with Gasteiger partial charge in [0.05, 0.1) is 0 Å². The largest absolute Gasteiger partial charge is 0.508 e. The Bertz CT molecular complexity index is 402. The Labute approximate surface area is 108 Å². The molecule has 2 aliphatic heterocycles. The molecule has 1 spiro atoms. The first kappa shape index (κ1) is 12.5. The van der Waals surface area contributed by atoms with E-state index >= 15 is 0 Å². The van der Waals surface area contributed by atoms with Crippen LogP contribution in [0.4, 0.5) is 0 Å². The minimum Gasteiger partial charge on any atom is -0.508 e. The average molecular weight is 256 g/mol. The highest BCUT2D eigenvalue weighted by Crippen LogP contribution is 2.41. The maximum Gasteiger partial charge on any atom is 0.127 e. The molecule has 1 saturated heterocycles. The standard InChI is InChI=1S/C13H17NO2.ClH/c15-11-2-1-3-12-10(11)4-5-13(16-12)6-8-14-9-7-13;/h1-3,14-15H,4-9H2;1H. The van der Waals surface area contributed by atoms with E-state index in [1.54, 1.807) is 6.07 Å². The molecule has 1 aromatic carbocycles. The van der Waals surface area contributed by atoms with Crippen molar-refractivity contribution in [1.29, 1.82) is 0 Å². The highest BCUT2D eigenvalue weighted by molar-refractivity contribution is 5.85. The molecule has 94 valence electrons. The Morgan fingerprint density at radius 1 is 1.18 bits per heavy atom. The molecule has 0 amide bonds. The maximum absolute atomic E-state index is 9.75. The maximum atomic E-state index is 9.75. The molecule has 2 aliphatic rings. The van der Waals surface area contributed by atoms with Gasteiger partial charge in [0.25, 0.3) is 0 Å². The zero-order valence-electron chi connectivity index (χ0n) is 9.74. The zero-order chi connectivity index (χ0) is 11.0. The molecule has 2 heterocycles. The van der Waals surface area contributed by atoms with Crippen LogP contribution in [0, 0.1) is 0 Å². The van der Waals surface area contributed by atoms with Gasteiger partial charge in [0, 0.05) is 5.56 Å². The average Bonchev–Trinajstić information content (AvgIpc) is 2.30. The third-order valence-electron chi connectivity index (χ3n) is 3.78. The number of piperidine rings is 1. The molecule has 0 unspecified atom stereocenters. The fraction of sp³-hybridized carbons (Fsp3) is 0.538. The molecular weight excluding hydrogens is 238 g/mol. The number of hydrogen-bond donors (Lipinski definition) is 2. The van der Waals surface area contributed by atoms with E-state index in [-0.39, 0.29) is 18.0 Å². The van der Waals surface area contributed by atoms with Gasteiger partial charge in [-0.2, -0.15) is 0 Å². The highest BCUT2D eigenvalue weighted by Gasteiger charge is 2.37. The van der Waals surface area contributed by atoms with E-state index in [9.17, 15) is 5.11 Å². The lowest BCUT2D eigenvalue weighted by atomic mass is 9.83. The number of nitrogens with one attached hydrogen (secondary N) is 1. The van der Waals surface area contributed by atoms with Gasteiger partial charge in [0.15, 0.2) is 0 Å². The number of hydrogen-bond acceptors (Lipinski definition) is 3. The van der Waals surface area contributed by atoms with Gasteiger partial charge in [-0.05, 0) is 50.9 Å². The number of halogens is 1. The van der Waals surface area contributed by atoms with Crippen molar-refractivity contribution in [3.8, 4) is 11.5 Å². The summed E-state index contributed by atoms with van der Waals surface area (Å²) in [5.74, 6) is 1.26. The SMILES string of the molecule is Cl.Oc1cccc2c1CCC1(CCNCC1)O2. The third-order valence-corrected chi connectivity index (χ3v) is 3.78. The van der Waals surface area contributed by atoms with Crippen molar-refractivity contribution in [3.05, 3.63) is 23.8 Å². The quantitative estimate of drug-likeness (QED) is 0.747. The number of benzene rings is 1. The van der Waals surface area contributed by atoms with Crippen LogP contribution >= 0.6 is 12.4 Å². The first-order valence-electron chi connectivity index (χ1n) is 6.00. The van der Waals surface area contributed by atoms with Crippen LogP contribution in [0.15, 0.2) is 18.2 Å². The van der Waals surface area contributed by atoms with Crippen LogP contribution < -0.4 is 10.1 Å². The summed E-state index contributed by atoms with van der Waals surface area (Å²) in [6.07, 6.45) is 4.10. The summed E-state index contributed by atoms with van der Waals surface area (Å²) >= 11 is 0. The predicted molar refractivity (Wildman–Crippen MR) is 69.1 cm³/mol. The molecule has 0 atom stereocenters. The molecule has 0 radical (unpaired) electrons.